The molecule has 0 saturated heterocycles. The van der Waals surface area contributed by atoms with Gasteiger partial charge in [-0.05, 0) is 31.2 Å². The lowest BCUT2D eigenvalue weighted by atomic mass is 10.3. The molecule has 0 spiro atoms. The number of aromatic nitrogens is 1. The first-order valence-corrected chi connectivity index (χ1v) is 6.08. The highest BCUT2D eigenvalue weighted by Crippen LogP contribution is 2.30. The number of para-hydroxylation sites is 2. The summed E-state index contributed by atoms with van der Waals surface area (Å²) in [5, 5.41) is 11.4. The molecule has 0 radical (unpaired) electrons. The fourth-order valence-corrected chi connectivity index (χ4v) is 1.58. The number of pyridine rings is 1. The van der Waals surface area contributed by atoms with Crippen molar-refractivity contribution in [2.45, 2.75) is 6.92 Å². The first-order valence-electron chi connectivity index (χ1n) is 6.08. The van der Waals surface area contributed by atoms with Crippen LogP contribution < -0.4 is 15.2 Å². The third kappa shape index (κ3) is 3.17. The van der Waals surface area contributed by atoms with Crippen LogP contribution in [0.15, 0.2) is 47.8 Å². The lowest BCUT2D eigenvalue weighted by Crippen LogP contribution is -2.14. The van der Waals surface area contributed by atoms with Gasteiger partial charge in [-0.2, -0.15) is 0 Å². The zero-order valence-electron chi connectivity index (χ0n) is 11.0. The van der Waals surface area contributed by atoms with Crippen molar-refractivity contribution < 1.29 is 14.7 Å². The van der Waals surface area contributed by atoms with Crippen LogP contribution in [-0.2, 0) is 0 Å². The maximum atomic E-state index is 8.56. The van der Waals surface area contributed by atoms with E-state index in [-0.39, 0.29) is 5.84 Å². The molecule has 6 heteroatoms. The van der Waals surface area contributed by atoms with Gasteiger partial charge >= 0.3 is 0 Å². The van der Waals surface area contributed by atoms with E-state index in [1.54, 1.807) is 12.1 Å². The molecule has 0 atom stereocenters. The van der Waals surface area contributed by atoms with Crippen LogP contribution in [0, 0.1) is 0 Å². The highest BCUT2D eigenvalue weighted by atomic mass is 16.5. The van der Waals surface area contributed by atoms with Crippen molar-refractivity contribution in [3.63, 3.8) is 0 Å². The Morgan fingerprint density at radius 3 is 2.60 bits per heavy atom. The molecule has 6 nitrogen and oxygen atoms in total. The van der Waals surface area contributed by atoms with Crippen molar-refractivity contribution in [2.75, 3.05) is 6.61 Å². The van der Waals surface area contributed by atoms with E-state index >= 15 is 0 Å². The van der Waals surface area contributed by atoms with Gasteiger partial charge in [0.25, 0.3) is 0 Å². The van der Waals surface area contributed by atoms with Crippen molar-refractivity contribution in [1.29, 1.82) is 0 Å². The second kappa shape index (κ2) is 6.42. The minimum Gasteiger partial charge on any atom is -0.490 e. The smallest absolute Gasteiger partial charge is 0.188 e. The largest absolute Gasteiger partial charge is 0.490 e. The van der Waals surface area contributed by atoms with Gasteiger partial charge in [0, 0.05) is 0 Å². The third-order valence-corrected chi connectivity index (χ3v) is 2.48. The molecule has 104 valence electrons. The van der Waals surface area contributed by atoms with E-state index in [1.165, 1.54) is 6.20 Å². The van der Waals surface area contributed by atoms with Crippen LogP contribution in [0.2, 0.25) is 0 Å². The minimum atomic E-state index is -0.0498. The average Bonchev–Trinajstić information content (AvgIpc) is 2.49. The molecule has 1 heterocycles. The highest BCUT2D eigenvalue weighted by Gasteiger charge is 2.06. The first kappa shape index (κ1) is 13.7. The summed E-state index contributed by atoms with van der Waals surface area (Å²) in [6.07, 6.45) is 1.50. The molecule has 0 saturated carbocycles. The number of hydrogen-bond donors (Lipinski definition) is 2. The van der Waals surface area contributed by atoms with Gasteiger partial charge in [0.15, 0.2) is 17.3 Å². The summed E-state index contributed by atoms with van der Waals surface area (Å²) in [7, 11) is 0. The SMILES string of the molecule is CCOc1ccccc1Oc1ccc(/C(N)=N/O)nc1. The second-order valence-corrected chi connectivity index (χ2v) is 3.85. The van der Waals surface area contributed by atoms with Crippen LogP contribution in [0.3, 0.4) is 0 Å². The van der Waals surface area contributed by atoms with Gasteiger partial charge in [-0.25, -0.2) is 4.98 Å². The van der Waals surface area contributed by atoms with Crippen molar-refractivity contribution in [1.82, 2.24) is 4.98 Å². The molecule has 1 aromatic carbocycles. The Morgan fingerprint density at radius 2 is 2.00 bits per heavy atom. The molecular weight excluding hydrogens is 258 g/mol. The van der Waals surface area contributed by atoms with Gasteiger partial charge in [-0.3, -0.25) is 0 Å². The summed E-state index contributed by atoms with van der Waals surface area (Å²) in [5.41, 5.74) is 5.81. The van der Waals surface area contributed by atoms with E-state index in [0.717, 1.165) is 0 Å². The van der Waals surface area contributed by atoms with Gasteiger partial charge in [0.1, 0.15) is 11.4 Å². The minimum absolute atomic E-state index is 0.0498. The van der Waals surface area contributed by atoms with Crippen LogP contribution in [0.1, 0.15) is 12.6 Å². The van der Waals surface area contributed by atoms with Gasteiger partial charge in [-0.15, -0.1) is 0 Å². The fraction of sp³-hybridized carbons (Fsp3) is 0.143. The van der Waals surface area contributed by atoms with E-state index in [4.69, 9.17) is 20.4 Å². The van der Waals surface area contributed by atoms with E-state index in [1.807, 2.05) is 31.2 Å². The molecule has 0 aliphatic heterocycles. The molecule has 20 heavy (non-hydrogen) atoms. The quantitative estimate of drug-likeness (QED) is 0.378. The summed E-state index contributed by atoms with van der Waals surface area (Å²) in [4.78, 5) is 4.04. The lowest BCUT2D eigenvalue weighted by molar-refractivity contribution is 0.318. The normalized spacial score (nSPS) is 11.2. The van der Waals surface area contributed by atoms with E-state index in [2.05, 4.69) is 10.1 Å². The molecule has 2 rings (SSSR count). The maximum absolute atomic E-state index is 8.56. The molecule has 0 amide bonds. The Kier molecular flexibility index (Phi) is 4.39. The first-order chi connectivity index (χ1) is 9.74. The summed E-state index contributed by atoms with van der Waals surface area (Å²) in [6, 6.07) is 10.7. The maximum Gasteiger partial charge on any atom is 0.188 e. The van der Waals surface area contributed by atoms with Crippen molar-refractivity contribution >= 4 is 5.84 Å². The van der Waals surface area contributed by atoms with Crippen LogP contribution >= 0.6 is 0 Å². The zero-order chi connectivity index (χ0) is 14.4. The van der Waals surface area contributed by atoms with Crippen LogP contribution in [-0.4, -0.2) is 22.6 Å². The van der Waals surface area contributed by atoms with Crippen molar-refractivity contribution in [3.05, 3.63) is 48.3 Å². The number of ether oxygens (including phenoxy) is 2. The Bertz CT molecular complexity index is 597. The van der Waals surface area contributed by atoms with Gasteiger partial charge in [0.2, 0.25) is 0 Å². The summed E-state index contributed by atoms with van der Waals surface area (Å²) in [5.74, 6) is 1.75. The number of benzene rings is 1. The number of oxime groups is 1. The number of hydrogen-bond acceptors (Lipinski definition) is 5. The molecule has 2 aromatic rings. The van der Waals surface area contributed by atoms with Crippen LogP contribution in [0.4, 0.5) is 0 Å². The van der Waals surface area contributed by atoms with Crippen molar-refractivity contribution in [3.8, 4) is 17.2 Å². The summed E-state index contributed by atoms with van der Waals surface area (Å²) >= 11 is 0. The van der Waals surface area contributed by atoms with E-state index < -0.39 is 0 Å². The lowest BCUT2D eigenvalue weighted by Gasteiger charge is -2.11. The van der Waals surface area contributed by atoms with E-state index in [9.17, 15) is 0 Å². The molecule has 0 aliphatic carbocycles. The molecule has 0 unspecified atom stereocenters. The third-order valence-electron chi connectivity index (χ3n) is 2.48. The van der Waals surface area contributed by atoms with Gasteiger partial charge in [0.05, 0.1) is 12.8 Å². The Hall–Kier alpha value is -2.76. The summed E-state index contributed by atoms with van der Waals surface area (Å²) < 4.78 is 11.2. The molecular formula is C14H15N3O3. The Labute approximate surface area is 116 Å². The zero-order valence-corrected chi connectivity index (χ0v) is 11.0. The topological polar surface area (TPSA) is 90.0 Å². The molecule has 0 bridgehead atoms. The van der Waals surface area contributed by atoms with E-state index in [0.29, 0.717) is 29.5 Å². The predicted molar refractivity (Wildman–Crippen MR) is 74.4 cm³/mol. The highest BCUT2D eigenvalue weighted by molar-refractivity contribution is 5.95. The fourth-order valence-electron chi connectivity index (χ4n) is 1.58. The molecule has 3 N–H and O–H groups in total. The van der Waals surface area contributed by atoms with Gasteiger partial charge in [-0.1, -0.05) is 17.3 Å². The number of nitrogens with two attached hydrogens (primary N) is 1. The number of nitrogens with zero attached hydrogens (tertiary/aromatic N) is 2. The number of rotatable bonds is 5. The van der Waals surface area contributed by atoms with Crippen LogP contribution in [0.25, 0.3) is 0 Å². The van der Waals surface area contributed by atoms with Gasteiger partial charge < -0.3 is 20.4 Å². The number of amidine groups is 1. The van der Waals surface area contributed by atoms with Crippen molar-refractivity contribution in [2.24, 2.45) is 10.9 Å². The Morgan fingerprint density at radius 1 is 1.25 bits per heavy atom. The molecule has 0 aliphatic rings. The molecule has 0 fully saturated rings. The van der Waals surface area contributed by atoms with Crippen LogP contribution in [0.5, 0.6) is 17.2 Å². The predicted octanol–water partition coefficient (Wildman–Crippen LogP) is 2.37. The average molecular weight is 273 g/mol. The Balaban J connectivity index is 2.18. The molecule has 1 aromatic heterocycles. The summed E-state index contributed by atoms with van der Waals surface area (Å²) in [6.45, 7) is 2.46. The second-order valence-electron chi connectivity index (χ2n) is 3.85. The monoisotopic (exact) mass is 273 g/mol. The standard InChI is InChI=1S/C14H15N3O3/c1-2-19-12-5-3-4-6-13(12)20-10-7-8-11(16-9-10)14(15)17-18/h3-9,18H,2H2,1H3,(H2,15,17).